The molecular weight excluding hydrogens is 282 g/mol. The highest BCUT2D eigenvalue weighted by atomic mass is 16.2. The van der Waals surface area contributed by atoms with Crippen LogP contribution in [0.1, 0.15) is 44.3 Å². The number of rotatable bonds is 3. The molecule has 22 heavy (non-hydrogen) atoms. The molecule has 2 aliphatic rings. The van der Waals surface area contributed by atoms with E-state index >= 15 is 0 Å². The Bertz CT molecular complexity index is 568. The first-order chi connectivity index (χ1) is 10.6. The van der Waals surface area contributed by atoms with E-state index in [0.29, 0.717) is 13.1 Å². The lowest BCUT2D eigenvalue weighted by Gasteiger charge is -2.31. The van der Waals surface area contributed by atoms with Crippen LogP contribution in [0.3, 0.4) is 0 Å². The summed E-state index contributed by atoms with van der Waals surface area (Å²) in [6, 6.07) is 0. The number of carbonyl (C=O) groups excluding carboxylic acids is 2. The van der Waals surface area contributed by atoms with Crippen molar-refractivity contribution in [3.63, 3.8) is 0 Å². The average molecular weight is 305 g/mol. The summed E-state index contributed by atoms with van der Waals surface area (Å²) < 4.78 is 2.12. The Balaban J connectivity index is 1.56. The molecule has 120 valence electrons. The van der Waals surface area contributed by atoms with Crippen LogP contribution in [-0.2, 0) is 29.1 Å². The molecule has 3 heterocycles. The number of aromatic nitrogens is 3. The van der Waals surface area contributed by atoms with E-state index in [2.05, 4.69) is 20.1 Å². The van der Waals surface area contributed by atoms with Crippen molar-refractivity contribution in [1.82, 2.24) is 25.0 Å². The van der Waals surface area contributed by atoms with E-state index in [4.69, 9.17) is 0 Å². The van der Waals surface area contributed by atoms with Crippen LogP contribution < -0.4 is 5.32 Å². The van der Waals surface area contributed by atoms with E-state index in [1.807, 2.05) is 0 Å². The highest BCUT2D eigenvalue weighted by Crippen LogP contribution is 2.17. The molecule has 0 aliphatic carbocycles. The van der Waals surface area contributed by atoms with Crippen molar-refractivity contribution in [3.05, 3.63) is 11.6 Å². The fourth-order valence-electron chi connectivity index (χ4n) is 3.29. The number of carbonyl (C=O) groups is 2. The second-order valence-electron chi connectivity index (χ2n) is 6.16. The summed E-state index contributed by atoms with van der Waals surface area (Å²) in [4.78, 5) is 25.5. The van der Waals surface area contributed by atoms with Gasteiger partial charge in [0.25, 0.3) is 0 Å². The molecule has 1 N–H and O–H groups in total. The van der Waals surface area contributed by atoms with Crippen LogP contribution >= 0.6 is 0 Å². The normalized spacial score (nSPS) is 21.3. The molecule has 1 unspecified atom stereocenters. The Morgan fingerprint density at radius 3 is 2.91 bits per heavy atom. The van der Waals surface area contributed by atoms with Gasteiger partial charge in [-0.15, -0.1) is 10.2 Å². The fourth-order valence-corrected chi connectivity index (χ4v) is 3.29. The maximum Gasteiger partial charge on any atom is 0.225 e. The third-order valence-corrected chi connectivity index (χ3v) is 4.59. The second kappa shape index (κ2) is 6.46. The van der Waals surface area contributed by atoms with E-state index < -0.39 is 0 Å². The Morgan fingerprint density at radius 2 is 2.09 bits per heavy atom. The van der Waals surface area contributed by atoms with Gasteiger partial charge in [-0.05, 0) is 25.7 Å². The number of aryl methyl sites for hydroxylation is 1. The maximum absolute atomic E-state index is 12.3. The number of likely N-dealkylation sites (tertiary alicyclic amines) is 1. The zero-order valence-electron chi connectivity index (χ0n) is 13.0. The molecule has 1 atom stereocenters. The van der Waals surface area contributed by atoms with Gasteiger partial charge in [0, 0.05) is 33.0 Å². The highest BCUT2D eigenvalue weighted by Gasteiger charge is 2.27. The Morgan fingerprint density at radius 1 is 1.23 bits per heavy atom. The van der Waals surface area contributed by atoms with Gasteiger partial charge in [0.1, 0.15) is 5.82 Å². The third-order valence-electron chi connectivity index (χ3n) is 4.59. The monoisotopic (exact) mass is 305 g/mol. The van der Waals surface area contributed by atoms with E-state index in [1.165, 1.54) is 0 Å². The quantitative estimate of drug-likeness (QED) is 0.881. The zero-order chi connectivity index (χ0) is 15.5. The Labute approximate surface area is 130 Å². The fraction of sp³-hybridized carbons (Fsp3) is 0.733. The summed E-state index contributed by atoms with van der Waals surface area (Å²) in [5.41, 5.74) is 0. The van der Waals surface area contributed by atoms with Gasteiger partial charge in [-0.2, -0.15) is 0 Å². The minimum atomic E-state index is -0.110. The topological polar surface area (TPSA) is 80.1 Å². The molecule has 2 aliphatic heterocycles. The molecule has 0 bridgehead atoms. The van der Waals surface area contributed by atoms with Crippen molar-refractivity contribution in [2.24, 2.45) is 5.92 Å². The first-order valence-corrected chi connectivity index (χ1v) is 8.09. The molecule has 2 amide bonds. The maximum atomic E-state index is 12.3. The molecule has 0 saturated carbocycles. The van der Waals surface area contributed by atoms with Gasteiger partial charge < -0.3 is 14.8 Å². The minimum absolute atomic E-state index is 0.0131. The summed E-state index contributed by atoms with van der Waals surface area (Å²) >= 11 is 0. The van der Waals surface area contributed by atoms with Crippen LogP contribution in [0.25, 0.3) is 0 Å². The number of hydrogen-bond acceptors (Lipinski definition) is 4. The lowest BCUT2D eigenvalue weighted by atomic mass is 9.97. The number of nitrogens with one attached hydrogen (secondary N) is 1. The van der Waals surface area contributed by atoms with Gasteiger partial charge in [-0.1, -0.05) is 0 Å². The molecule has 1 fully saturated rings. The van der Waals surface area contributed by atoms with Crippen molar-refractivity contribution >= 4 is 11.8 Å². The third kappa shape index (κ3) is 3.13. The lowest BCUT2D eigenvalue weighted by Crippen LogP contribution is -2.44. The lowest BCUT2D eigenvalue weighted by molar-refractivity contribution is -0.134. The molecular formula is C15H23N5O2. The molecule has 3 rings (SSSR count). The van der Waals surface area contributed by atoms with Crippen molar-refractivity contribution in [3.8, 4) is 0 Å². The summed E-state index contributed by atoms with van der Waals surface area (Å²) in [7, 11) is 0. The number of amides is 2. The summed E-state index contributed by atoms with van der Waals surface area (Å²) in [5.74, 6) is 1.81. The summed E-state index contributed by atoms with van der Waals surface area (Å²) in [6.07, 6.45) is 5.00. The van der Waals surface area contributed by atoms with Crippen molar-refractivity contribution in [1.29, 1.82) is 0 Å². The first-order valence-electron chi connectivity index (χ1n) is 8.09. The van der Waals surface area contributed by atoms with Gasteiger partial charge in [-0.25, -0.2) is 0 Å². The van der Waals surface area contributed by atoms with Gasteiger partial charge in [-0.3, -0.25) is 9.59 Å². The van der Waals surface area contributed by atoms with Gasteiger partial charge in [0.15, 0.2) is 5.82 Å². The van der Waals surface area contributed by atoms with E-state index in [9.17, 15) is 9.59 Å². The summed E-state index contributed by atoms with van der Waals surface area (Å²) in [5, 5.41) is 11.3. The van der Waals surface area contributed by atoms with Crippen LogP contribution in [0, 0.1) is 5.92 Å². The van der Waals surface area contributed by atoms with Crippen molar-refractivity contribution in [2.45, 2.75) is 52.1 Å². The molecule has 0 aromatic carbocycles. The molecule has 0 spiro atoms. The van der Waals surface area contributed by atoms with E-state index in [1.54, 1.807) is 11.8 Å². The van der Waals surface area contributed by atoms with Crippen LogP contribution in [0.4, 0.5) is 0 Å². The number of fused-ring (bicyclic) bond motifs is 1. The highest BCUT2D eigenvalue weighted by molar-refractivity contribution is 5.80. The molecule has 7 nitrogen and oxygen atoms in total. The zero-order valence-corrected chi connectivity index (χ0v) is 13.0. The van der Waals surface area contributed by atoms with Crippen LogP contribution in [0.15, 0.2) is 0 Å². The average Bonchev–Trinajstić information content (AvgIpc) is 2.96. The van der Waals surface area contributed by atoms with Gasteiger partial charge >= 0.3 is 0 Å². The number of hydrogen-bond donors (Lipinski definition) is 1. The molecule has 1 saturated heterocycles. The predicted molar refractivity (Wildman–Crippen MR) is 79.8 cm³/mol. The van der Waals surface area contributed by atoms with Gasteiger partial charge in [0.05, 0.1) is 12.5 Å². The summed E-state index contributed by atoms with van der Waals surface area (Å²) in [6.45, 7) is 4.20. The van der Waals surface area contributed by atoms with Crippen molar-refractivity contribution < 1.29 is 9.59 Å². The molecule has 7 heteroatoms. The molecule has 1 aromatic heterocycles. The Kier molecular flexibility index (Phi) is 4.40. The second-order valence-corrected chi connectivity index (χ2v) is 6.16. The largest absolute Gasteiger partial charge is 0.348 e. The number of piperidine rings is 1. The molecule has 0 radical (unpaired) electrons. The van der Waals surface area contributed by atoms with E-state index in [-0.39, 0.29) is 17.7 Å². The number of nitrogens with zero attached hydrogens (tertiary/aromatic N) is 4. The predicted octanol–water partition coefficient (Wildman–Crippen LogP) is 0.489. The standard InChI is InChI=1S/C15H23N5O2/c1-11(21)19-7-4-5-12(10-19)15(22)16-9-14-18-17-13-6-2-3-8-20(13)14/h12H,2-10H2,1H3,(H,16,22). The van der Waals surface area contributed by atoms with Crippen molar-refractivity contribution in [2.75, 3.05) is 13.1 Å². The SMILES string of the molecule is CC(=O)N1CCCC(C(=O)NCc2nnc3n2CCCC3)C1. The molecule has 1 aromatic rings. The smallest absolute Gasteiger partial charge is 0.225 e. The van der Waals surface area contributed by atoms with Crippen LogP contribution in [0.5, 0.6) is 0 Å². The first kappa shape index (κ1) is 15.0. The van der Waals surface area contributed by atoms with E-state index in [0.717, 1.165) is 56.8 Å². The van der Waals surface area contributed by atoms with Crippen LogP contribution in [0.2, 0.25) is 0 Å². The minimum Gasteiger partial charge on any atom is -0.348 e. The van der Waals surface area contributed by atoms with Crippen LogP contribution in [-0.4, -0.2) is 44.6 Å². The van der Waals surface area contributed by atoms with Gasteiger partial charge in [0.2, 0.25) is 11.8 Å². The Hall–Kier alpha value is -1.92.